The van der Waals surface area contributed by atoms with Crippen LogP contribution in [0.4, 0.5) is 5.95 Å². The van der Waals surface area contributed by atoms with E-state index in [2.05, 4.69) is 21.9 Å². The van der Waals surface area contributed by atoms with Crippen molar-refractivity contribution in [1.29, 1.82) is 0 Å². The summed E-state index contributed by atoms with van der Waals surface area (Å²) in [4.78, 5) is 52.0. The van der Waals surface area contributed by atoms with Crippen molar-refractivity contribution in [3.63, 3.8) is 0 Å². The molecule has 2 aliphatic rings. The molecule has 15 heteroatoms. The van der Waals surface area contributed by atoms with E-state index in [1.165, 1.54) is 27.1 Å². The Balaban J connectivity index is 1.47. The SMILES string of the molecule is C=CCOc1nc(N[C@@H]2c3c(ccc4ccc5ccccc5c34)[C@@H](OC(C)=O)[C@H](OC(C)=O)[C@@H]2OC(C)=O)nc2c1ncn2[C@H]1C[C@H](O)[C@@H](CO)O1. The Labute approximate surface area is 297 Å². The lowest BCUT2D eigenvalue weighted by atomic mass is 9.77. The first kappa shape index (κ1) is 34.8. The Morgan fingerprint density at radius 2 is 1.69 bits per heavy atom. The number of benzene rings is 3. The molecule has 3 aromatic carbocycles. The van der Waals surface area contributed by atoms with Gasteiger partial charge in [-0.25, -0.2) is 4.98 Å². The number of aliphatic hydroxyl groups is 2. The second kappa shape index (κ2) is 14.2. The minimum absolute atomic E-state index is 0.0171. The first-order chi connectivity index (χ1) is 25.1. The van der Waals surface area contributed by atoms with E-state index < -0.39 is 60.7 Å². The van der Waals surface area contributed by atoms with Crippen molar-refractivity contribution in [2.24, 2.45) is 0 Å². The lowest BCUT2D eigenvalue weighted by molar-refractivity contribution is -0.187. The van der Waals surface area contributed by atoms with E-state index in [4.69, 9.17) is 28.7 Å². The van der Waals surface area contributed by atoms with Crippen LogP contribution in [0.1, 0.15) is 56.7 Å². The number of ether oxygens (including phenoxy) is 5. The summed E-state index contributed by atoms with van der Waals surface area (Å²) in [6, 6.07) is 14.4. The summed E-state index contributed by atoms with van der Waals surface area (Å²) in [5.74, 6) is -1.88. The van der Waals surface area contributed by atoms with Crippen LogP contribution in [0.3, 0.4) is 0 Å². The largest absolute Gasteiger partial charge is 0.472 e. The van der Waals surface area contributed by atoms with Crippen LogP contribution in [0.25, 0.3) is 32.7 Å². The summed E-state index contributed by atoms with van der Waals surface area (Å²) in [6.07, 6.45) is -2.93. The standard InChI is InChI=1S/C37H37N5O10/c1-5-14-48-36-31-35(42(17-38-31)27-15-25(47)26(16-43)52-27)40-37(41-36)39-30-29-24(13-12-22-11-10-21-8-6-7-9-23(21)28(22)29)32(49-18(2)44)34(51-20(4)46)33(30)50-19(3)45/h5-13,17,25-27,30,32-34,43,47H,1,14-16H2,2-4H3,(H,39,40,41)/t25-,26+,27+,30+,32+,33+,34-/m0/s1. The van der Waals surface area contributed by atoms with Gasteiger partial charge in [0.15, 0.2) is 29.5 Å². The summed E-state index contributed by atoms with van der Waals surface area (Å²) in [5.41, 5.74) is 1.70. The maximum atomic E-state index is 12.8. The molecular formula is C37H37N5O10. The number of aromatic nitrogens is 4. The third kappa shape index (κ3) is 6.38. The molecule has 0 saturated carbocycles. The van der Waals surface area contributed by atoms with Gasteiger partial charge in [-0.3, -0.25) is 19.0 Å². The molecule has 52 heavy (non-hydrogen) atoms. The Hall–Kier alpha value is -5.64. The van der Waals surface area contributed by atoms with Crippen molar-refractivity contribution in [2.75, 3.05) is 18.5 Å². The molecule has 15 nitrogen and oxygen atoms in total. The fourth-order valence-corrected chi connectivity index (χ4v) is 7.13. The smallest absolute Gasteiger partial charge is 0.303 e. The molecule has 2 aromatic heterocycles. The monoisotopic (exact) mass is 711 g/mol. The second-order valence-corrected chi connectivity index (χ2v) is 12.6. The van der Waals surface area contributed by atoms with Crippen molar-refractivity contribution in [3.8, 4) is 5.88 Å². The number of carbonyl (C=O) groups excluding carboxylic acids is 3. The Bertz CT molecular complexity index is 2200. The van der Waals surface area contributed by atoms with E-state index in [1.54, 1.807) is 16.7 Å². The van der Waals surface area contributed by atoms with E-state index in [0.717, 1.165) is 21.5 Å². The van der Waals surface area contributed by atoms with Gasteiger partial charge in [0.25, 0.3) is 0 Å². The molecule has 3 heterocycles. The molecule has 7 rings (SSSR count). The number of fused-ring (bicyclic) bond motifs is 6. The number of nitrogens with zero attached hydrogens (tertiary/aromatic N) is 4. The normalized spacial score (nSPS) is 24.0. The first-order valence-corrected chi connectivity index (χ1v) is 16.7. The number of nitrogens with one attached hydrogen (secondary N) is 1. The summed E-state index contributed by atoms with van der Waals surface area (Å²) >= 11 is 0. The van der Waals surface area contributed by atoms with Gasteiger partial charge in [0, 0.05) is 32.8 Å². The molecule has 270 valence electrons. The van der Waals surface area contributed by atoms with Crippen LogP contribution in [0, 0.1) is 0 Å². The molecule has 0 amide bonds. The minimum atomic E-state index is -1.28. The Morgan fingerprint density at radius 1 is 0.981 bits per heavy atom. The third-order valence-corrected chi connectivity index (χ3v) is 9.16. The van der Waals surface area contributed by atoms with Crippen LogP contribution < -0.4 is 10.1 Å². The molecule has 3 N–H and O–H groups in total. The number of aliphatic hydroxyl groups excluding tert-OH is 2. The van der Waals surface area contributed by atoms with Gasteiger partial charge in [-0.1, -0.05) is 61.2 Å². The summed E-state index contributed by atoms with van der Waals surface area (Å²) < 4.78 is 31.1. The lowest BCUT2D eigenvalue weighted by Gasteiger charge is -2.42. The van der Waals surface area contributed by atoms with Gasteiger partial charge in [-0.05, 0) is 27.1 Å². The van der Waals surface area contributed by atoms with E-state index in [1.807, 2.05) is 42.5 Å². The molecular weight excluding hydrogens is 674 g/mol. The number of carbonyl (C=O) groups is 3. The van der Waals surface area contributed by atoms with Crippen molar-refractivity contribution >= 4 is 56.6 Å². The summed E-state index contributed by atoms with van der Waals surface area (Å²) in [5, 5.41) is 27.0. The summed E-state index contributed by atoms with van der Waals surface area (Å²) in [6.45, 7) is 7.14. The van der Waals surface area contributed by atoms with Crippen molar-refractivity contribution in [1.82, 2.24) is 19.5 Å². The predicted octanol–water partition coefficient (Wildman–Crippen LogP) is 3.97. The molecule has 0 radical (unpaired) electrons. The van der Waals surface area contributed by atoms with Gasteiger partial charge < -0.3 is 39.2 Å². The topological polar surface area (TPSA) is 193 Å². The van der Waals surface area contributed by atoms with E-state index in [0.29, 0.717) is 16.6 Å². The highest BCUT2D eigenvalue weighted by Gasteiger charge is 2.50. The quantitative estimate of drug-likeness (QED) is 0.0815. The maximum Gasteiger partial charge on any atom is 0.303 e. The average molecular weight is 712 g/mol. The van der Waals surface area contributed by atoms with Crippen molar-refractivity contribution in [2.45, 2.75) is 70.0 Å². The van der Waals surface area contributed by atoms with Gasteiger partial charge in [0.05, 0.1) is 25.1 Å². The third-order valence-electron chi connectivity index (χ3n) is 9.16. The lowest BCUT2D eigenvalue weighted by Crippen LogP contribution is -2.50. The van der Waals surface area contributed by atoms with Crippen molar-refractivity contribution in [3.05, 3.63) is 78.6 Å². The molecule has 7 atom stereocenters. The van der Waals surface area contributed by atoms with Crippen LogP contribution in [-0.4, -0.2) is 85.3 Å². The molecule has 1 saturated heterocycles. The van der Waals surface area contributed by atoms with Crippen molar-refractivity contribution < 1.29 is 48.3 Å². The van der Waals surface area contributed by atoms with Gasteiger partial charge in [-0.2, -0.15) is 9.97 Å². The zero-order valence-corrected chi connectivity index (χ0v) is 28.6. The van der Waals surface area contributed by atoms with Gasteiger partial charge in [0.2, 0.25) is 11.8 Å². The van der Waals surface area contributed by atoms with Crippen LogP contribution >= 0.6 is 0 Å². The molecule has 1 aliphatic carbocycles. The Kier molecular flexibility index (Phi) is 9.48. The molecule has 0 unspecified atom stereocenters. The highest BCUT2D eigenvalue weighted by molar-refractivity contribution is 6.10. The van der Waals surface area contributed by atoms with Crippen LogP contribution in [0.5, 0.6) is 5.88 Å². The zero-order valence-electron chi connectivity index (χ0n) is 28.6. The number of rotatable bonds is 10. The zero-order chi connectivity index (χ0) is 36.7. The maximum absolute atomic E-state index is 12.8. The Morgan fingerprint density at radius 3 is 2.40 bits per heavy atom. The second-order valence-electron chi connectivity index (χ2n) is 12.6. The number of anilines is 1. The number of hydrogen-bond donors (Lipinski definition) is 3. The van der Waals surface area contributed by atoms with Gasteiger partial charge in [0.1, 0.15) is 18.9 Å². The number of imidazole rings is 1. The summed E-state index contributed by atoms with van der Waals surface area (Å²) in [7, 11) is 0. The first-order valence-electron chi connectivity index (χ1n) is 16.7. The molecule has 1 fully saturated rings. The van der Waals surface area contributed by atoms with Gasteiger partial charge >= 0.3 is 17.9 Å². The fraction of sp³-hybridized carbons (Fsp3) is 0.351. The van der Waals surface area contributed by atoms with Gasteiger partial charge in [-0.15, -0.1) is 0 Å². The van der Waals surface area contributed by atoms with E-state index in [9.17, 15) is 24.6 Å². The van der Waals surface area contributed by atoms with E-state index >= 15 is 0 Å². The number of hydrogen-bond acceptors (Lipinski definition) is 14. The molecule has 0 bridgehead atoms. The van der Waals surface area contributed by atoms with Crippen LogP contribution in [0.2, 0.25) is 0 Å². The van der Waals surface area contributed by atoms with E-state index in [-0.39, 0.29) is 37.1 Å². The highest BCUT2D eigenvalue weighted by Crippen LogP contribution is 2.48. The number of esters is 3. The molecule has 5 aromatic rings. The average Bonchev–Trinajstić information content (AvgIpc) is 3.71. The highest BCUT2D eigenvalue weighted by atomic mass is 16.6. The molecule has 1 aliphatic heterocycles. The minimum Gasteiger partial charge on any atom is -0.472 e. The molecule has 0 spiro atoms. The predicted molar refractivity (Wildman–Crippen MR) is 186 cm³/mol. The van der Waals surface area contributed by atoms with Crippen LogP contribution in [0.15, 0.2) is 67.5 Å². The van der Waals surface area contributed by atoms with Crippen LogP contribution in [-0.2, 0) is 33.3 Å². The fourth-order valence-electron chi connectivity index (χ4n) is 7.13.